The highest BCUT2D eigenvalue weighted by Gasteiger charge is 1.96. The summed E-state index contributed by atoms with van der Waals surface area (Å²) in [6.07, 6.45) is 1.93. The lowest BCUT2D eigenvalue weighted by Gasteiger charge is -2.01. The molecule has 0 aliphatic rings. The van der Waals surface area contributed by atoms with Crippen LogP contribution in [-0.2, 0) is 6.54 Å². The van der Waals surface area contributed by atoms with Crippen molar-refractivity contribution in [1.82, 2.24) is 5.32 Å². The number of rotatable bonds is 7. The van der Waals surface area contributed by atoms with Crippen LogP contribution >= 0.6 is 11.8 Å². The van der Waals surface area contributed by atoms with E-state index in [9.17, 15) is 0 Å². The Morgan fingerprint density at radius 2 is 2.43 bits per heavy atom. The van der Waals surface area contributed by atoms with Crippen molar-refractivity contribution in [2.45, 2.75) is 13.5 Å². The third kappa shape index (κ3) is 4.53. The van der Waals surface area contributed by atoms with Crippen LogP contribution in [-0.4, -0.2) is 18.1 Å². The average Bonchev–Trinajstić information content (AvgIpc) is 2.58. The van der Waals surface area contributed by atoms with E-state index in [1.54, 1.807) is 0 Å². The van der Waals surface area contributed by atoms with Crippen LogP contribution in [0.1, 0.15) is 11.5 Å². The first-order chi connectivity index (χ1) is 6.83. The van der Waals surface area contributed by atoms with E-state index >= 15 is 0 Å². The van der Waals surface area contributed by atoms with E-state index in [4.69, 9.17) is 4.42 Å². The molecule has 1 heterocycles. The first-order valence-electron chi connectivity index (χ1n) is 4.77. The molecule has 0 aliphatic carbocycles. The molecule has 0 radical (unpaired) electrons. The average molecular weight is 211 g/mol. The Balaban J connectivity index is 2.01. The lowest BCUT2D eigenvalue weighted by molar-refractivity contribution is 0.466. The smallest absolute Gasteiger partial charge is 0.117 e. The summed E-state index contributed by atoms with van der Waals surface area (Å²) in [4.78, 5) is 0. The molecular formula is C11H17NOS. The fraction of sp³-hybridized carbons (Fsp3) is 0.455. The Morgan fingerprint density at radius 3 is 3.07 bits per heavy atom. The highest BCUT2D eigenvalue weighted by molar-refractivity contribution is 7.99. The van der Waals surface area contributed by atoms with Gasteiger partial charge in [0, 0.05) is 18.1 Å². The molecule has 0 atom stereocenters. The normalized spacial score (nSPS) is 10.4. The molecule has 2 nitrogen and oxygen atoms in total. The van der Waals surface area contributed by atoms with E-state index < -0.39 is 0 Å². The van der Waals surface area contributed by atoms with Gasteiger partial charge in [0.25, 0.3) is 0 Å². The fourth-order valence-electron chi connectivity index (χ4n) is 1.10. The standard InChI is InChI=1S/C11H17NOS/c1-3-7-14-8-6-12-9-11-5-4-10(2)13-11/h3-5,12H,1,6-9H2,2H3. The lowest BCUT2D eigenvalue weighted by atomic mass is 10.4. The molecule has 78 valence electrons. The van der Waals surface area contributed by atoms with Crippen molar-refractivity contribution in [3.05, 3.63) is 36.3 Å². The minimum atomic E-state index is 0.822. The molecule has 1 aromatic rings. The van der Waals surface area contributed by atoms with Crippen LogP contribution in [0.25, 0.3) is 0 Å². The molecule has 3 heteroatoms. The number of thioether (sulfide) groups is 1. The second-order valence-corrected chi connectivity index (χ2v) is 4.20. The summed E-state index contributed by atoms with van der Waals surface area (Å²) < 4.78 is 5.43. The Kier molecular flexibility index (Phi) is 5.49. The fourth-order valence-corrected chi connectivity index (χ4v) is 1.72. The number of hydrogen-bond donors (Lipinski definition) is 1. The number of furan rings is 1. The highest BCUT2D eigenvalue weighted by atomic mass is 32.2. The van der Waals surface area contributed by atoms with Crippen molar-refractivity contribution in [2.24, 2.45) is 0 Å². The molecule has 0 amide bonds. The zero-order valence-electron chi connectivity index (χ0n) is 8.58. The Labute approximate surface area is 89.8 Å². The largest absolute Gasteiger partial charge is 0.465 e. The van der Waals surface area contributed by atoms with Crippen molar-refractivity contribution < 1.29 is 4.42 Å². The van der Waals surface area contributed by atoms with Gasteiger partial charge in [-0.15, -0.1) is 6.58 Å². The topological polar surface area (TPSA) is 25.2 Å². The first-order valence-corrected chi connectivity index (χ1v) is 5.93. The number of hydrogen-bond acceptors (Lipinski definition) is 3. The molecule has 0 saturated carbocycles. The number of aryl methyl sites for hydroxylation is 1. The van der Waals surface area contributed by atoms with Gasteiger partial charge in [-0.3, -0.25) is 0 Å². The maximum atomic E-state index is 5.43. The Bertz CT molecular complexity index is 270. The third-order valence-corrected chi connectivity index (χ3v) is 2.72. The molecule has 0 unspecified atom stereocenters. The molecule has 0 fully saturated rings. The molecule has 0 bridgehead atoms. The summed E-state index contributed by atoms with van der Waals surface area (Å²) in [5.74, 6) is 4.13. The molecule has 0 aliphatic heterocycles. The van der Waals surface area contributed by atoms with Gasteiger partial charge in [0.1, 0.15) is 11.5 Å². The van der Waals surface area contributed by atoms with Crippen molar-refractivity contribution >= 4 is 11.8 Å². The zero-order chi connectivity index (χ0) is 10.2. The summed E-state index contributed by atoms with van der Waals surface area (Å²) in [5, 5.41) is 3.33. The third-order valence-electron chi connectivity index (χ3n) is 1.75. The van der Waals surface area contributed by atoms with E-state index in [2.05, 4.69) is 11.9 Å². The van der Waals surface area contributed by atoms with E-state index in [1.807, 2.05) is 36.9 Å². The summed E-state index contributed by atoms with van der Waals surface area (Å²) in [7, 11) is 0. The van der Waals surface area contributed by atoms with Crippen molar-refractivity contribution in [1.29, 1.82) is 0 Å². The summed E-state index contributed by atoms with van der Waals surface area (Å²) >= 11 is 1.88. The van der Waals surface area contributed by atoms with Gasteiger partial charge in [-0.2, -0.15) is 11.8 Å². The van der Waals surface area contributed by atoms with Gasteiger partial charge < -0.3 is 9.73 Å². The summed E-state index contributed by atoms with van der Waals surface area (Å²) in [6, 6.07) is 4.00. The van der Waals surface area contributed by atoms with E-state index in [1.165, 1.54) is 0 Å². The van der Waals surface area contributed by atoms with Gasteiger partial charge in [-0.25, -0.2) is 0 Å². The van der Waals surface area contributed by atoms with E-state index in [-0.39, 0.29) is 0 Å². The molecule has 1 aromatic heterocycles. The molecule has 1 N–H and O–H groups in total. The Morgan fingerprint density at radius 1 is 1.57 bits per heavy atom. The van der Waals surface area contributed by atoms with Crippen LogP contribution in [0.2, 0.25) is 0 Å². The molecule has 1 rings (SSSR count). The van der Waals surface area contributed by atoms with Crippen LogP contribution in [0.4, 0.5) is 0 Å². The van der Waals surface area contributed by atoms with Crippen molar-refractivity contribution in [3.63, 3.8) is 0 Å². The SMILES string of the molecule is C=CCSCCNCc1ccc(C)o1. The first kappa shape index (κ1) is 11.4. The molecule has 0 aromatic carbocycles. The van der Waals surface area contributed by atoms with E-state index in [0.717, 1.165) is 36.1 Å². The van der Waals surface area contributed by atoms with Crippen molar-refractivity contribution in [3.8, 4) is 0 Å². The zero-order valence-corrected chi connectivity index (χ0v) is 9.40. The van der Waals surface area contributed by atoms with Crippen LogP contribution in [0.5, 0.6) is 0 Å². The van der Waals surface area contributed by atoms with Gasteiger partial charge in [0.2, 0.25) is 0 Å². The second kappa shape index (κ2) is 6.74. The van der Waals surface area contributed by atoms with Crippen molar-refractivity contribution in [2.75, 3.05) is 18.1 Å². The van der Waals surface area contributed by atoms with Gasteiger partial charge in [-0.05, 0) is 19.1 Å². The Hall–Kier alpha value is -0.670. The lowest BCUT2D eigenvalue weighted by Crippen LogP contribution is -2.16. The highest BCUT2D eigenvalue weighted by Crippen LogP contribution is 2.05. The number of nitrogens with one attached hydrogen (secondary N) is 1. The molecular weight excluding hydrogens is 194 g/mol. The van der Waals surface area contributed by atoms with Crippen LogP contribution in [0.3, 0.4) is 0 Å². The van der Waals surface area contributed by atoms with Crippen LogP contribution < -0.4 is 5.32 Å². The van der Waals surface area contributed by atoms with Gasteiger partial charge in [0.15, 0.2) is 0 Å². The van der Waals surface area contributed by atoms with Gasteiger partial charge in [0.05, 0.1) is 6.54 Å². The minimum absolute atomic E-state index is 0.822. The maximum Gasteiger partial charge on any atom is 0.117 e. The molecule has 0 saturated heterocycles. The minimum Gasteiger partial charge on any atom is -0.465 e. The molecule has 14 heavy (non-hydrogen) atoms. The van der Waals surface area contributed by atoms with Crippen LogP contribution in [0.15, 0.2) is 29.2 Å². The predicted molar refractivity (Wildman–Crippen MR) is 62.7 cm³/mol. The quantitative estimate of drug-likeness (QED) is 0.554. The van der Waals surface area contributed by atoms with Gasteiger partial charge in [-0.1, -0.05) is 6.08 Å². The second-order valence-electron chi connectivity index (χ2n) is 3.05. The maximum absolute atomic E-state index is 5.43. The van der Waals surface area contributed by atoms with E-state index in [0.29, 0.717) is 0 Å². The molecule has 0 spiro atoms. The monoisotopic (exact) mass is 211 g/mol. The summed E-state index contributed by atoms with van der Waals surface area (Å²) in [5.41, 5.74) is 0. The van der Waals surface area contributed by atoms with Crippen LogP contribution in [0, 0.1) is 6.92 Å². The predicted octanol–water partition coefficient (Wildman–Crippen LogP) is 2.60. The summed E-state index contributed by atoms with van der Waals surface area (Å²) in [6.45, 7) is 7.47. The van der Waals surface area contributed by atoms with Gasteiger partial charge >= 0.3 is 0 Å².